The number of nitrogens with zero attached hydrogens (tertiary/aromatic N) is 2. The highest BCUT2D eigenvalue weighted by molar-refractivity contribution is 7.26. The van der Waals surface area contributed by atoms with Crippen LogP contribution in [0.4, 0.5) is 0 Å². The second-order valence-electron chi connectivity index (χ2n) is 13.3. The van der Waals surface area contributed by atoms with E-state index < -0.39 is 0 Å². The molecule has 2 nitrogen and oxygen atoms in total. The van der Waals surface area contributed by atoms with Gasteiger partial charge in [-0.05, 0) is 93.0 Å². The predicted octanol–water partition coefficient (Wildman–Crippen LogP) is 12.9. The van der Waals surface area contributed by atoms with Crippen LogP contribution in [0.1, 0.15) is 29.2 Å². The molecular formula is C45H28N2S2. The van der Waals surface area contributed by atoms with Crippen molar-refractivity contribution in [2.24, 2.45) is 0 Å². The Morgan fingerprint density at radius 2 is 1.14 bits per heavy atom. The average molecular weight is 661 g/mol. The van der Waals surface area contributed by atoms with Gasteiger partial charge >= 0.3 is 0 Å². The summed E-state index contributed by atoms with van der Waals surface area (Å²) in [7, 11) is 0. The normalized spacial score (nSPS) is 14.6. The lowest BCUT2D eigenvalue weighted by Gasteiger charge is -2.21. The minimum Gasteiger partial charge on any atom is -0.243 e. The van der Waals surface area contributed by atoms with Crippen LogP contribution in [0.5, 0.6) is 0 Å². The minimum absolute atomic E-state index is 0.0744. The number of thiophene rings is 2. The van der Waals surface area contributed by atoms with Crippen molar-refractivity contribution in [3.05, 3.63) is 156 Å². The van der Waals surface area contributed by atoms with Crippen molar-refractivity contribution in [2.45, 2.75) is 18.8 Å². The van der Waals surface area contributed by atoms with Crippen LogP contribution in [-0.4, -0.2) is 9.97 Å². The van der Waals surface area contributed by atoms with E-state index in [-0.39, 0.29) is 5.92 Å². The minimum atomic E-state index is 0.0744. The molecule has 4 heteroatoms. The highest BCUT2D eigenvalue weighted by Crippen LogP contribution is 2.47. The van der Waals surface area contributed by atoms with Gasteiger partial charge in [-0.3, -0.25) is 0 Å². The summed E-state index contributed by atoms with van der Waals surface area (Å²) in [6.45, 7) is 0. The zero-order valence-electron chi connectivity index (χ0n) is 26.5. The van der Waals surface area contributed by atoms with Crippen molar-refractivity contribution >= 4 is 84.8 Å². The van der Waals surface area contributed by atoms with Gasteiger partial charge in [0.1, 0.15) is 10.3 Å². The van der Waals surface area contributed by atoms with Crippen molar-refractivity contribution in [2.75, 3.05) is 0 Å². The molecule has 0 saturated heterocycles. The molecule has 1 aliphatic carbocycles. The van der Waals surface area contributed by atoms with Crippen molar-refractivity contribution in [3.8, 4) is 22.4 Å². The molecule has 230 valence electrons. The molecule has 7 aromatic carbocycles. The summed E-state index contributed by atoms with van der Waals surface area (Å²) in [6.07, 6.45) is 1.93. The summed E-state index contributed by atoms with van der Waals surface area (Å²) in [6, 6.07) is 51.5. The van der Waals surface area contributed by atoms with Crippen LogP contribution < -0.4 is 0 Å². The van der Waals surface area contributed by atoms with Crippen LogP contribution in [0, 0.1) is 0 Å². The molecule has 0 saturated carbocycles. The first-order chi connectivity index (χ1) is 24.2. The third kappa shape index (κ3) is 4.24. The Morgan fingerprint density at radius 3 is 1.94 bits per heavy atom. The number of fused-ring (bicyclic) bond motifs is 11. The van der Waals surface area contributed by atoms with Gasteiger partial charge in [-0.15, -0.1) is 22.7 Å². The molecule has 0 fully saturated rings. The van der Waals surface area contributed by atoms with Gasteiger partial charge in [-0.2, -0.15) is 0 Å². The van der Waals surface area contributed by atoms with E-state index in [1.165, 1.54) is 74.1 Å². The van der Waals surface area contributed by atoms with E-state index in [2.05, 4.69) is 140 Å². The number of aromatic nitrogens is 2. The van der Waals surface area contributed by atoms with Gasteiger partial charge in [0.15, 0.2) is 0 Å². The maximum absolute atomic E-state index is 5.63. The number of hydrogen-bond acceptors (Lipinski definition) is 4. The number of hydrogen-bond donors (Lipinski definition) is 0. The zero-order valence-corrected chi connectivity index (χ0v) is 28.1. The molecule has 10 aromatic rings. The van der Waals surface area contributed by atoms with E-state index in [4.69, 9.17) is 9.97 Å². The summed E-state index contributed by atoms with van der Waals surface area (Å²) >= 11 is 3.62. The monoisotopic (exact) mass is 660 g/mol. The van der Waals surface area contributed by atoms with E-state index in [0.717, 1.165) is 40.1 Å². The highest BCUT2D eigenvalue weighted by atomic mass is 32.1. The van der Waals surface area contributed by atoms with Crippen molar-refractivity contribution < 1.29 is 0 Å². The van der Waals surface area contributed by atoms with Gasteiger partial charge in [0.05, 0.1) is 11.4 Å². The van der Waals surface area contributed by atoms with Crippen molar-refractivity contribution in [1.82, 2.24) is 9.97 Å². The molecule has 1 unspecified atom stereocenters. The molecule has 3 aromatic heterocycles. The molecule has 3 heterocycles. The van der Waals surface area contributed by atoms with E-state index in [9.17, 15) is 0 Å². The Balaban J connectivity index is 1.20. The van der Waals surface area contributed by atoms with Gasteiger partial charge in [-0.25, -0.2) is 9.97 Å². The molecule has 1 atom stereocenters. The molecule has 11 rings (SSSR count). The summed E-state index contributed by atoms with van der Waals surface area (Å²) in [5, 5.41) is 8.90. The van der Waals surface area contributed by atoms with E-state index in [1.54, 1.807) is 11.3 Å². The van der Waals surface area contributed by atoms with E-state index in [0.29, 0.717) is 0 Å². The lowest BCUT2D eigenvalue weighted by molar-refractivity contribution is 0.708. The topological polar surface area (TPSA) is 25.8 Å². The lowest BCUT2D eigenvalue weighted by atomic mass is 9.85. The number of rotatable bonds is 2. The lowest BCUT2D eigenvalue weighted by Crippen LogP contribution is -2.08. The molecule has 0 aliphatic heterocycles. The maximum Gasteiger partial charge on any atom is 0.143 e. The first-order valence-corrected chi connectivity index (χ1v) is 18.5. The molecule has 1 aliphatic rings. The molecular weight excluding hydrogens is 633 g/mol. The average Bonchev–Trinajstić information content (AvgIpc) is 3.66. The Bertz CT molecular complexity index is 2970. The van der Waals surface area contributed by atoms with Gasteiger partial charge in [0.2, 0.25) is 0 Å². The van der Waals surface area contributed by atoms with Crippen molar-refractivity contribution in [3.63, 3.8) is 0 Å². The quantitative estimate of drug-likeness (QED) is 0.184. The summed E-state index contributed by atoms with van der Waals surface area (Å²) in [5.74, 6) is 0.0744. The molecule has 0 bridgehead atoms. The Labute approximate surface area is 291 Å². The van der Waals surface area contributed by atoms with Crippen LogP contribution in [0.2, 0.25) is 0 Å². The largest absolute Gasteiger partial charge is 0.243 e. The van der Waals surface area contributed by atoms with Gasteiger partial charge in [-0.1, -0.05) is 103 Å². The second-order valence-corrected chi connectivity index (χ2v) is 15.4. The fraction of sp³-hybridized carbons (Fsp3) is 0.0667. The van der Waals surface area contributed by atoms with Gasteiger partial charge < -0.3 is 0 Å². The van der Waals surface area contributed by atoms with Crippen molar-refractivity contribution in [1.29, 1.82) is 0 Å². The summed E-state index contributed by atoms with van der Waals surface area (Å²) in [5.41, 5.74) is 9.60. The Kier molecular flexibility index (Phi) is 5.92. The maximum atomic E-state index is 5.63. The Hall–Kier alpha value is -5.42. The predicted molar refractivity (Wildman–Crippen MR) is 210 cm³/mol. The van der Waals surface area contributed by atoms with Crippen LogP contribution in [0.3, 0.4) is 0 Å². The molecule has 0 spiro atoms. The molecule has 0 radical (unpaired) electrons. The zero-order chi connectivity index (χ0) is 32.1. The standard InChI is InChI=1S/C45H28N2S2/c1-2-10-27-22-36-30(21-26(27)9-1)17-20-34(37-23-28-11-3-4-12-29(28)24-38(36)37)43-42(46-44-35-14-6-8-16-40(35)49-45(44)47-43)31-18-19-33-32-13-5-7-15-39(32)48-41(33)25-31/h1-16,18-19,21-25,34H,17,20H2. The van der Waals surface area contributed by atoms with Crippen LogP contribution in [0.15, 0.2) is 140 Å². The van der Waals surface area contributed by atoms with Gasteiger partial charge in [0.25, 0.3) is 0 Å². The Morgan fingerprint density at radius 1 is 0.510 bits per heavy atom. The summed E-state index contributed by atoms with van der Waals surface area (Å²) < 4.78 is 3.83. The second kappa shape index (κ2) is 10.5. The number of benzene rings is 7. The fourth-order valence-corrected chi connectivity index (χ4v) is 10.3. The molecule has 0 amide bonds. The van der Waals surface area contributed by atoms with E-state index in [1.807, 2.05) is 11.3 Å². The third-order valence-corrected chi connectivity index (χ3v) is 12.7. The summed E-state index contributed by atoms with van der Waals surface area (Å²) in [4.78, 5) is 12.2. The smallest absolute Gasteiger partial charge is 0.143 e. The van der Waals surface area contributed by atoms with Crippen LogP contribution >= 0.6 is 22.7 Å². The van der Waals surface area contributed by atoms with Crippen LogP contribution in [0.25, 0.3) is 84.5 Å². The molecule has 0 N–H and O–H groups in total. The third-order valence-electron chi connectivity index (χ3n) is 10.5. The van der Waals surface area contributed by atoms with Crippen LogP contribution in [-0.2, 0) is 6.42 Å². The highest BCUT2D eigenvalue weighted by Gasteiger charge is 2.30. The fourth-order valence-electron chi connectivity index (χ4n) is 8.13. The first-order valence-electron chi connectivity index (χ1n) is 16.9. The first kappa shape index (κ1) is 27.5. The van der Waals surface area contributed by atoms with Gasteiger partial charge in [0, 0.05) is 41.7 Å². The number of aryl methyl sites for hydroxylation is 1. The van der Waals surface area contributed by atoms with E-state index >= 15 is 0 Å². The molecule has 49 heavy (non-hydrogen) atoms. The SMILES string of the molecule is c1ccc2cc3c(cc2c1)CCC(c1nc2sc4ccccc4c2nc1-c1ccc2c(c1)sc1ccccc12)c1cc2ccccc2cc1-3.